The molecule has 0 aliphatic heterocycles. The maximum Gasteiger partial charge on any atom is 0.0546 e. The molecule has 0 atom stereocenters. The molecular weight excluding hydrogens is 807 g/mol. The summed E-state index contributed by atoms with van der Waals surface area (Å²) in [6.07, 6.45) is 0. The van der Waals surface area contributed by atoms with Crippen LogP contribution in [0.15, 0.2) is 261 Å². The molecular formula is C66H43N. The number of fused-ring (bicyclic) bond motifs is 9. The van der Waals surface area contributed by atoms with Gasteiger partial charge in [-0.05, 0) is 146 Å². The second-order valence-corrected chi connectivity index (χ2v) is 17.6. The van der Waals surface area contributed by atoms with Crippen LogP contribution in [-0.2, 0) is 0 Å². The standard InChI is InChI=1S/C66H43N/c1-3-17-46(18-4-1)65-62-29-14-12-27-59(62)60-39-35-50(42-63(60)66(65)47-19-5-2-6-20-47)48-22-15-23-54(41-48)67(64-43-51-21-8-10-25-56(51)58-26-11-13-28-61(58)64)53-36-32-44(33-37-53)49-34-38-57-52(40-49)31-30-45-16-7-9-24-55(45)57/h1-43H. The minimum absolute atomic E-state index is 1.09. The number of benzene rings is 13. The molecule has 0 fully saturated rings. The Labute approximate surface area is 390 Å². The summed E-state index contributed by atoms with van der Waals surface area (Å²) in [6, 6.07) is 95.9. The fourth-order valence-corrected chi connectivity index (χ4v) is 10.6. The summed E-state index contributed by atoms with van der Waals surface area (Å²) in [7, 11) is 0. The van der Waals surface area contributed by atoms with Crippen molar-refractivity contribution in [3.63, 3.8) is 0 Å². The first-order valence-corrected chi connectivity index (χ1v) is 23.2. The van der Waals surface area contributed by atoms with Crippen LogP contribution in [-0.4, -0.2) is 0 Å². The van der Waals surface area contributed by atoms with Gasteiger partial charge in [-0.25, -0.2) is 0 Å². The first-order valence-electron chi connectivity index (χ1n) is 23.2. The van der Waals surface area contributed by atoms with Crippen molar-refractivity contribution in [3.8, 4) is 44.5 Å². The van der Waals surface area contributed by atoms with Crippen LogP contribution in [0.5, 0.6) is 0 Å². The summed E-state index contributed by atoms with van der Waals surface area (Å²) < 4.78 is 0. The molecule has 0 N–H and O–H groups in total. The van der Waals surface area contributed by atoms with Crippen LogP contribution in [0.1, 0.15) is 0 Å². The van der Waals surface area contributed by atoms with Crippen LogP contribution in [0, 0.1) is 0 Å². The summed E-state index contributed by atoms with van der Waals surface area (Å²) in [4.78, 5) is 2.45. The van der Waals surface area contributed by atoms with Gasteiger partial charge in [-0.3, -0.25) is 0 Å². The third kappa shape index (κ3) is 6.63. The van der Waals surface area contributed by atoms with E-state index in [9.17, 15) is 0 Å². The van der Waals surface area contributed by atoms with Crippen molar-refractivity contribution < 1.29 is 0 Å². The second kappa shape index (κ2) is 16.0. The van der Waals surface area contributed by atoms with E-state index >= 15 is 0 Å². The van der Waals surface area contributed by atoms with Crippen molar-refractivity contribution in [2.24, 2.45) is 0 Å². The quantitative estimate of drug-likeness (QED) is 0.144. The molecule has 0 saturated carbocycles. The summed E-state index contributed by atoms with van der Waals surface area (Å²) in [6.45, 7) is 0. The molecule has 0 bridgehead atoms. The fourth-order valence-electron chi connectivity index (χ4n) is 10.6. The van der Waals surface area contributed by atoms with Gasteiger partial charge in [0.15, 0.2) is 0 Å². The Morgan fingerprint density at radius 2 is 0.642 bits per heavy atom. The van der Waals surface area contributed by atoms with Crippen LogP contribution in [0.4, 0.5) is 17.1 Å². The van der Waals surface area contributed by atoms with Gasteiger partial charge < -0.3 is 4.90 Å². The smallest absolute Gasteiger partial charge is 0.0546 e. The second-order valence-electron chi connectivity index (χ2n) is 17.6. The Kier molecular flexibility index (Phi) is 9.25. The monoisotopic (exact) mass is 849 g/mol. The van der Waals surface area contributed by atoms with Gasteiger partial charge in [-0.2, -0.15) is 0 Å². The first-order chi connectivity index (χ1) is 33.2. The van der Waals surface area contributed by atoms with E-state index in [1.807, 2.05) is 0 Å². The summed E-state index contributed by atoms with van der Waals surface area (Å²) >= 11 is 0. The topological polar surface area (TPSA) is 3.24 Å². The summed E-state index contributed by atoms with van der Waals surface area (Å²) in [5.41, 5.74) is 13.0. The molecule has 13 aromatic rings. The Bertz CT molecular complexity index is 4020. The zero-order valence-electron chi connectivity index (χ0n) is 36.8. The number of hydrogen-bond acceptors (Lipinski definition) is 1. The van der Waals surface area contributed by atoms with Crippen molar-refractivity contribution >= 4 is 81.7 Å². The van der Waals surface area contributed by atoms with Crippen molar-refractivity contribution in [3.05, 3.63) is 261 Å². The van der Waals surface area contributed by atoms with Gasteiger partial charge in [0, 0.05) is 16.8 Å². The van der Waals surface area contributed by atoms with Crippen LogP contribution < -0.4 is 4.90 Å². The molecule has 0 saturated heterocycles. The maximum absolute atomic E-state index is 2.45. The van der Waals surface area contributed by atoms with Crippen molar-refractivity contribution in [2.75, 3.05) is 4.90 Å². The van der Waals surface area contributed by atoms with E-state index in [4.69, 9.17) is 0 Å². The molecule has 1 heteroatoms. The predicted octanol–water partition coefficient (Wildman–Crippen LogP) is 18.7. The SMILES string of the molecule is c1ccc(-c2c(-c3ccccc3)c3cc(-c4cccc(N(c5ccc(-c6ccc7c(ccc8ccccc87)c6)cc5)c5cc6ccccc6c6ccccc56)c4)ccc3c3ccccc23)cc1. The Morgan fingerprint density at radius 3 is 1.36 bits per heavy atom. The molecule has 0 aliphatic carbocycles. The van der Waals surface area contributed by atoms with E-state index in [-0.39, 0.29) is 0 Å². The van der Waals surface area contributed by atoms with Gasteiger partial charge >= 0.3 is 0 Å². The largest absolute Gasteiger partial charge is 0.310 e. The molecule has 13 aromatic carbocycles. The van der Waals surface area contributed by atoms with E-state index in [2.05, 4.69) is 266 Å². The van der Waals surface area contributed by atoms with E-state index in [1.54, 1.807) is 0 Å². The van der Waals surface area contributed by atoms with Gasteiger partial charge in [-0.1, -0.05) is 218 Å². The average Bonchev–Trinajstić information content (AvgIpc) is 3.41. The van der Waals surface area contributed by atoms with E-state index < -0.39 is 0 Å². The normalized spacial score (nSPS) is 11.6. The highest BCUT2D eigenvalue weighted by molar-refractivity contribution is 6.22. The molecule has 13 rings (SSSR count). The average molecular weight is 850 g/mol. The molecule has 312 valence electrons. The number of hydrogen-bond donors (Lipinski definition) is 0. The van der Waals surface area contributed by atoms with Gasteiger partial charge in [-0.15, -0.1) is 0 Å². The third-order valence-corrected chi connectivity index (χ3v) is 13.8. The van der Waals surface area contributed by atoms with Gasteiger partial charge in [0.2, 0.25) is 0 Å². The molecule has 1 nitrogen and oxygen atoms in total. The van der Waals surface area contributed by atoms with Crippen LogP contribution in [0.2, 0.25) is 0 Å². The van der Waals surface area contributed by atoms with Crippen molar-refractivity contribution in [1.82, 2.24) is 0 Å². The lowest BCUT2D eigenvalue weighted by Crippen LogP contribution is -2.10. The maximum atomic E-state index is 2.45. The van der Waals surface area contributed by atoms with E-state index in [0.717, 1.165) is 22.6 Å². The number of anilines is 3. The molecule has 0 heterocycles. The Morgan fingerprint density at radius 1 is 0.194 bits per heavy atom. The number of nitrogens with zero attached hydrogens (tertiary/aromatic N) is 1. The lowest BCUT2D eigenvalue weighted by atomic mass is 9.84. The van der Waals surface area contributed by atoms with Gasteiger partial charge in [0.1, 0.15) is 0 Å². The Balaban J connectivity index is 0.992. The molecule has 0 unspecified atom stereocenters. The minimum Gasteiger partial charge on any atom is -0.310 e. The predicted molar refractivity (Wildman–Crippen MR) is 288 cm³/mol. The first kappa shape index (κ1) is 38.7. The lowest BCUT2D eigenvalue weighted by Gasteiger charge is -2.28. The molecule has 0 aliphatic rings. The van der Waals surface area contributed by atoms with Gasteiger partial charge in [0.25, 0.3) is 0 Å². The van der Waals surface area contributed by atoms with E-state index in [0.29, 0.717) is 0 Å². The van der Waals surface area contributed by atoms with Crippen molar-refractivity contribution in [1.29, 1.82) is 0 Å². The van der Waals surface area contributed by atoms with Gasteiger partial charge in [0.05, 0.1) is 5.69 Å². The third-order valence-electron chi connectivity index (χ3n) is 13.8. The summed E-state index contributed by atoms with van der Waals surface area (Å²) in [5.74, 6) is 0. The molecule has 0 spiro atoms. The van der Waals surface area contributed by atoms with Crippen LogP contribution >= 0.6 is 0 Å². The van der Waals surface area contributed by atoms with Crippen molar-refractivity contribution in [2.45, 2.75) is 0 Å². The Hall–Kier alpha value is -8.78. The highest BCUT2D eigenvalue weighted by Crippen LogP contribution is 2.47. The molecule has 67 heavy (non-hydrogen) atoms. The summed E-state index contributed by atoms with van der Waals surface area (Å²) in [5, 5.41) is 15.0. The van der Waals surface area contributed by atoms with Crippen LogP contribution in [0.25, 0.3) is 109 Å². The molecule has 0 amide bonds. The lowest BCUT2D eigenvalue weighted by molar-refractivity contribution is 1.30. The van der Waals surface area contributed by atoms with Crippen LogP contribution in [0.3, 0.4) is 0 Å². The number of rotatable bonds is 7. The highest BCUT2D eigenvalue weighted by Gasteiger charge is 2.21. The zero-order chi connectivity index (χ0) is 44.3. The fraction of sp³-hybridized carbons (Fsp3) is 0. The molecule has 0 aromatic heterocycles. The minimum atomic E-state index is 1.09. The molecule has 0 radical (unpaired) electrons. The zero-order valence-corrected chi connectivity index (χ0v) is 36.8. The highest BCUT2D eigenvalue weighted by atomic mass is 15.1. The van der Waals surface area contributed by atoms with E-state index in [1.165, 1.54) is 104 Å².